The topological polar surface area (TPSA) is 116 Å². The second-order valence-corrected chi connectivity index (χ2v) is 10.2. The van der Waals surface area contributed by atoms with Gasteiger partial charge in [-0.15, -0.1) is 0 Å². The van der Waals surface area contributed by atoms with Gasteiger partial charge in [-0.1, -0.05) is 23.8 Å². The van der Waals surface area contributed by atoms with E-state index in [2.05, 4.69) is 10.6 Å². The first-order chi connectivity index (χ1) is 15.3. The summed E-state index contributed by atoms with van der Waals surface area (Å²) in [5.41, 5.74) is 2.86. The van der Waals surface area contributed by atoms with Crippen LogP contribution in [0.5, 0.6) is 5.75 Å². The van der Waals surface area contributed by atoms with Crippen molar-refractivity contribution in [3.63, 3.8) is 0 Å². The molecule has 0 saturated carbocycles. The summed E-state index contributed by atoms with van der Waals surface area (Å²) in [7, 11) is -3.93. The Bertz CT molecular complexity index is 1130. The Morgan fingerprint density at radius 1 is 1.22 bits per heavy atom. The van der Waals surface area contributed by atoms with Crippen LogP contribution in [0, 0.1) is 6.92 Å². The van der Waals surface area contributed by atoms with E-state index >= 15 is 0 Å². The second-order valence-electron chi connectivity index (χ2n) is 8.34. The zero-order valence-electron chi connectivity index (χ0n) is 17.9. The maximum absolute atomic E-state index is 13.2. The maximum atomic E-state index is 13.2. The van der Waals surface area contributed by atoms with Gasteiger partial charge < -0.3 is 15.7 Å². The molecule has 0 aromatic heterocycles. The summed E-state index contributed by atoms with van der Waals surface area (Å²) >= 11 is 0. The van der Waals surface area contributed by atoms with Crippen LogP contribution in [0.3, 0.4) is 0 Å². The van der Waals surface area contributed by atoms with E-state index in [1.807, 2.05) is 6.92 Å². The number of benzene rings is 2. The molecule has 1 aliphatic heterocycles. The highest BCUT2D eigenvalue weighted by Gasteiger charge is 2.40. The number of nitrogens with one attached hydrogen (secondary N) is 2. The van der Waals surface area contributed by atoms with E-state index in [1.54, 1.807) is 30.3 Å². The largest absolute Gasteiger partial charge is 0.508 e. The third-order valence-electron chi connectivity index (χ3n) is 6.06. The smallest absolute Gasteiger partial charge is 0.243 e. The molecule has 0 spiro atoms. The third kappa shape index (κ3) is 4.49. The van der Waals surface area contributed by atoms with Crippen molar-refractivity contribution >= 4 is 21.8 Å². The van der Waals surface area contributed by atoms with Crippen molar-refractivity contribution in [2.45, 2.75) is 49.6 Å². The Labute approximate surface area is 187 Å². The van der Waals surface area contributed by atoms with Gasteiger partial charge in [0.05, 0.1) is 17.4 Å². The van der Waals surface area contributed by atoms with Crippen LogP contribution in [0.1, 0.15) is 42.0 Å². The molecular weight excluding hydrogens is 430 g/mol. The number of fused-ring (bicyclic) bond motifs is 1. The molecule has 1 fully saturated rings. The van der Waals surface area contributed by atoms with Crippen LogP contribution in [0.15, 0.2) is 47.4 Å². The van der Waals surface area contributed by atoms with Gasteiger partial charge in [-0.3, -0.25) is 9.59 Å². The second kappa shape index (κ2) is 8.91. The zero-order valence-corrected chi connectivity index (χ0v) is 18.7. The van der Waals surface area contributed by atoms with E-state index in [0.29, 0.717) is 0 Å². The molecule has 8 nitrogen and oxygen atoms in total. The van der Waals surface area contributed by atoms with E-state index in [4.69, 9.17) is 0 Å². The van der Waals surface area contributed by atoms with Crippen molar-refractivity contribution in [1.29, 1.82) is 0 Å². The van der Waals surface area contributed by atoms with Crippen molar-refractivity contribution in [3.05, 3.63) is 59.2 Å². The summed E-state index contributed by atoms with van der Waals surface area (Å²) in [4.78, 5) is 25.6. The minimum atomic E-state index is -3.93. The Hall–Kier alpha value is -2.91. The fourth-order valence-electron chi connectivity index (χ4n) is 4.40. The van der Waals surface area contributed by atoms with Gasteiger partial charge in [0.1, 0.15) is 11.8 Å². The van der Waals surface area contributed by atoms with E-state index in [9.17, 15) is 23.1 Å². The van der Waals surface area contributed by atoms with Crippen molar-refractivity contribution < 1.29 is 23.1 Å². The number of rotatable bonds is 5. The van der Waals surface area contributed by atoms with Crippen LogP contribution in [-0.4, -0.2) is 48.8 Å². The Morgan fingerprint density at radius 3 is 2.72 bits per heavy atom. The van der Waals surface area contributed by atoms with Crippen molar-refractivity contribution in [2.24, 2.45) is 0 Å². The van der Waals surface area contributed by atoms with Gasteiger partial charge in [0.2, 0.25) is 21.8 Å². The number of carbonyl (C=O) groups excluding carboxylic acids is 2. The van der Waals surface area contributed by atoms with E-state index in [1.165, 1.54) is 12.1 Å². The van der Waals surface area contributed by atoms with Gasteiger partial charge >= 0.3 is 0 Å². The lowest BCUT2D eigenvalue weighted by molar-refractivity contribution is -0.132. The standard InChI is InChI=1S/C23H27N3O5S/c1-15-5-8-18(9-6-15)32(30,31)26-12-11-24-23(29)21(26)14-22(28)25-20-4-2-3-16-13-17(27)7-10-19(16)20/h5-10,13,20-21,27H,2-4,11-12,14H2,1H3,(H,24,29)(H,25,28)/t20-,21?/m1/s1. The number of nitrogens with zero attached hydrogens (tertiary/aromatic N) is 1. The highest BCUT2D eigenvalue weighted by atomic mass is 32.2. The number of amides is 2. The minimum Gasteiger partial charge on any atom is -0.508 e. The molecule has 9 heteroatoms. The van der Waals surface area contributed by atoms with Gasteiger partial charge in [0.25, 0.3) is 0 Å². The Morgan fingerprint density at radius 2 is 1.97 bits per heavy atom. The highest BCUT2D eigenvalue weighted by Crippen LogP contribution is 2.32. The lowest BCUT2D eigenvalue weighted by Gasteiger charge is -2.34. The molecule has 1 saturated heterocycles. The predicted octanol–water partition coefficient (Wildman–Crippen LogP) is 1.77. The average molecular weight is 458 g/mol. The van der Waals surface area contributed by atoms with Gasteiger partial charge in [0, 0.05) is 13.1 Å². The number of aryl methyl sites for hydroxylation is 2. The molecule has 2 aromatic rings. The van der Waals surface area contributed by atoms with Gasteiger partial charge in [0.15, 0.2) is 0 Å². The quantitative estimate of drug-likeness (QED) is 0.633. The molecule has 1 aliphatic carbocycles. The number of carbonyl (C=O) groups is 2. The van der Waals surface area contributed by atoms with E-state index in [0.717, 1.165) is 40.3 Å². The number of phenols is 1. The highest BCUT2D eigenvalue weighted by molar-refractivity contribution is 7.89. The Balaban J connectivity index is 1.52. The summed E-state index contributed by atoms with van der Waals surface area (Å²) in [6.07, 6.45) is 2.16. The van der Waals surface area contributed by atoms with Gasteiger partial charge in [-0.2, -0.15) is 4.31 Å². The number of sulfonamides is 1. The van der Waals surface area contributed by atoms with Gasteiger partial charge in [-0.25, -0.2) is 8.42 Å². The number of phenolic OH excluding ortho intramolecular Hbond substituents is 1. The minimum absolute atomic E-state index is 0.101. The fraction of sp³-hybridized carbons (Fsp3) is 0.391. The number of hydrogen-bond acceptors (Lipinski definition) is 5. The van der Waals surface area contributed by atoms with Crippen molar-refractivity contribution in [3.8, 4) is 5.75 Å². The fourth-order valence-corrected chi connectivity index (χ4v) is 5.99. The first kappa shape index (κ1) is 22.3. The molecule has 2 aliphatic rings. The molecular formula is C23H27N3O5S. The molecule has 0 radical (unpaired) electrons. The molecule has 2 aromatic carbocycles. The maximum Gasteiger partial charge on any atom is 0.243 e. The SMILES string of the molecule is Cc1ccc(S(=O)(=O)N2CCNC(=O)C2CC(=O)N[C@@H]2CCCc3cc(O)ccc32)cc1. The molecule has 0 bridgehead atoms. The zero-order chi connectivity index (χ0) is 22.9. The molecule has 32 heavy (non-hydrogen) atoms. The van der Waals surface area contributed by atoms with E-state index < -0.39 is 22.0 Å². The number of aromatic hydroxyl groups is 1. The summed E-state index contributed by atoms with van der Waals surface area (Å²) in [6.45, 7) is 2.16. The lowest BCUT2D eigenvalue weighted by atomic mass is 9.87. The van der Waals surface area contributed by atoms with Gasteiger partial charge in [-0.05, 0) is 61.6 Å². The van der Waals surface area contributed by atoms with Crippen LogP contribution in [0.25, 0.3) is 0 Å². The van der Waals surface area contributed by atoms with Crippen LogP contribution in [0.4, 0.5) is 0 Å². The van der Waals surface area contributed by atoms with Crippen LogP contribution in [-0.2, 0) is 26.0 Å². The number of piperazine rings is 1. The van der Waals surface area contributed by atoms with E-state index in [-0.39, 0.29) is 42.1 Å². The molecule has 170 valence electrons. The lowest BCUT2D eigenvalue weighted by Crippen LogP contribution is -2.58. The number of hydrogen-bond donors (Lipinski definition) is 3. The summed E-state index contributed by atoms with van der Waals surface area (Å²) in [6, 6.07) is 10.2. The first-order valence-electron chi connectivity index (χ1n) is 10.7. The third-order valence-corrected chi connectivity index (χ3v) is 7.99. The van der Waals surface area contributed by atoms with Crippen LogP contribution >= 0.6 is 0 Å². The molecule has 2 atom stereocenters. The molecule has 1 heterocycles. The van der Waals surface area contributed by atoms with Crippen LogP contribution in [0.2, 0.25) is 0 Å². The summed E-state index contributed by atoms with van der Waals surface area (Å²) in [5.74, 6) is -0.676. The molecule has 3 N–H and O–H groups in total. The molecule has 4 rings (SSSR count). The summed E-state index contributed by atoms with van der Waals surface area (Å²) < 4.78 is 27.6. The normalized spacial score (nSPS) is 21.5. The molecule has 2 amide bonds. The summed E-state index contributed by atoms with van der Waals surface area (Å²) in [5, 5.41) is 15.4. The Kier molecular flexibility index (Phi) is 6.21. The van der Waals surface area contributed by atoms with Crippen LogP contribution < -0.4 is 10.6 Å². The average Bonchev–Trinajstić information content (AvgIpc) is 2.75. The molecule has 1 unspecified atom stereocenters. The first-order valence-corrected chi connectivity index (χ1v) is 12.2. The van der Waals surface area contributed by atoms with Crippen molar-refractivity contribution in [1.82, 2.24) is 14.9 Å². The predicted molar refractivity (Wildman–Crippen MR) is 118 cm³/mol. The monoisotopic (exact) mass is 457 g/mol. The van der Waals surface area contributed by atoms with Crippen molar-refractivity contribution in [2.75, 3.05) is 13.1 Å².